The minimum absolute atomic E-state index is 0.0378. The molecule has 4 rings (SSSR count). The molecule has 2 aromatic carbocycles. The summed E-state index contributed by atoms with van der Waals surface area (Å²) in [5, 5.41) is 15.6. The highest BCUT2D eigenvalue weighted by atomic mass is 35.5. The van der Waals surface area contributed by atoms with Crippen molar-refractivity contribution in [1.29, 1.82) is 0 Å². The van der Waals surface area contributed by atoms with Crippen LogP contribution >= 0.6 is 11.6 Å². The van der Waals surface area contributed by atoms with Crippen LogP contribution < -0.4 is 5.32 Å². The van der Waals surface area contributed by atoms with E-state index >= 15 is 0 Å². The highest BCUT2D eigenvalue weighted by Gasteiger charge is 2.38. The molecule has 30 heavy (non-hydrogen) atoms. The van der Waals surface area contributed by atoms with Crippen molar-refractivity contribution in [3.05, 3.63) is 71.1 Å². The number of pyridine rings is 1. The number of benzene rings is 2. The van der Waals surface area contributed by atoms with E-state index < -0.39 is 5.60 Å². The van der Waals surface area contributed by atoms with Crippen LogP contribution in [0.4, 0.5) is 10.1 Å². The predicted octanol–water partition coefficient (Wildman–Crippen LogP) is 5.68. The van der Waals surface area contributed by atoms with Crippen LogP contribution in [0.5, 0.6) is 0 Å². The molecule has 0 spiro atoms. The fourth-order valence-electron chi connectivity index (χ4n) is 4.41. The molecule has 0 unspecified atom stereocenters. The number of nitrogens with zero attached hydrogens (tertiary/aromatic N) is 1. The summed E-state index contributed by atoms with van der Waals surface area (Å²) >= 11 is 5.89. The lowest BCUT2D eigenvalue weighted by molar-refractivity contribution is -0.122. The smallest absolute Gasteiger partial charge is 0.227 e. The molecule has 4 nitrogen and oxygen atoms in total. The van der Waals surface area contributed by atoms with E-state index in [1.54, 1.807) is 42.6 Å². The molecule has 1 saturated carbocycles. The van der Waals surface area contributed by atoms with Crippen molar-refractivity contribution in [2.45, 2.75) is 38.2 Å². The van der Waals surface area contributed by atoms with Crippen molar-refractivity contribution in [1.82, 2.24) is 4.98 Å². The number of hydrogen-bond acceptors (Lipinski definition) is 3. The third-order valence-corrected chi connectivity index (χ3v) is 6.55. The van der Waals surface area contributed by atoms with Gasteiger partial charge in [0.05, 0.1) is 11.1 Å². The first-order valence-electron chi connectivity index (χ1n) is 10.2. The molecule has 0 radical (unpaired) electrons. The average Bonchev–Trinajstić information content (AvgIpc) is 2.75. The zero-order valence-corrected chi connectivity index (χ0v) is 17.5. The molecule has 2 N–H and O–H groups in total. The summed E-state index contributed by atoms with van der Waals surface area (Å²) in [7, 11) is 0. The third kappa shape index (κ3) is 4.18. The molecule has 1 heterocycles. The standard InChI is InChI=1S/C24H24ClFN2O2/c1-15(23(29)28-19-5-2-17(25)3-6-19)16-8-11-24(30,12-9-16)21-10-13-27-22-7-4-18(26)14-20(21)22/h2-7,10,13-16,30H,8-9,11-12H2,1H3,(H,28,29)/t15-,16-,24+/m1/s1. The lowest BCUT2D eigenvalue weighted by atomic mass is 9.71. The Bertz CT molecular complexity index is 1060. The van der Waals surface area contributed by atoms with Crippen LogP contribution in [0.15, 0.2) is 54.7 Å². The van der Waals surface area contributed by atoms with E-state index in [4.69, 9.17) is 11.6 Å². The highest BCUT2D eigenvalue weighted by molar-refractivity contribution is 6.30. The fraction of sp³-hybridized carbons (Fsp3) is 0.333. The number of amides is 1. The van der Waals surface area contributed by atoms with Gasteiger partial charge >= 0.3 is 0 Å². The zero-order valence-electron chi connectivity index (χ0n) is 16.7. The topological polar surface area (TPSA) is 62.2 Å². The number of carbonyl (C=O) groups excluding carboxylic acids is 1. The van der Waals surface area contributed by atoms with Crippen LogP contribution in [0.1, 0.15) is 38.2 Å². The van der Waals surface area contributed by atoms with Gasteiger partial charge in [-0.25, -0.2) is 4.39 Å². The molecule has 1 aromatic heterocycles. The second-order valence-electron chi connectivity index (χ2n) is 8.17. The number of aromatic nitrogens is 1. The van der Waals surface area contributed by atoms with Crippen molar-refractivity contribution >= 4 is 34.1 Å². The Kier molecular flexibility index (Phi) is 5.76. The van der Waals surface area contributed by atoms with Gasteiger partial charge in [0.25, 0.3) is 0 Å². The predicted molar refractivity (Wildman–Crippen MR) is 117 cm³/mol. The molecule has 156 valence electrons. The molecule has 1 fully saturated rings. The lowest BCUT2D eigenvalue weighted by Gasteiger charge is -2.38. The zero-order chi connectivity index (χ0) is 21.3. The van der Waals surface area contributed by atoms with E-state index in [1.807, 2.05) is 6.92 Å². The van der Waals surface area contributed by atoms with E-state index in [9.17, 15) is 14.3 Å². The molecular weight excluding hydrogens is 403 g/mol. The van der Waals surface area contributed by atoms with Gasteiger partial charge in [-0.3, -0.25) is 9.78 Å². The second-order valence-corrected chi connectivity index (χ2v) is 8.61. The number of rotatable bonds is 4. The Balaban J connectivity index is 1.46. The largest absolute Gasteiger partial charge is 0.385 e. The quantitative estimate of drug-likeness (QED) is 0.564. The Hall–Kier alpha value is -2.50. The minimum Gasteiger partial charge on any atom is -0.385 e. The summed E-state index contributed by atoms with van der Waals surface area (Å²) in [4.78, 5) is 17.0. The molecule has 0 aliphatic heterocycles. The highest BCUT2D eigenvalue weighted by Crippen LogP contribution is 2.44. The van der Waals surface area contributed by atoms with Crippen molar-refractivity contribution < 1.29 is 14.3 Å². The minimum atomic E-state index is -1.04. The van der Waals surface area contributed by atoms with E-state index in [2.05, 4.69) is 10.3 Å². The van der Waals surface area contributed by atoms with Crippen LogP contribution in [0.3, 0.4) is 0 Å². The lowest BCUT2D eigenvalue weighted by Crippen LogP contribution is -2.36. The fourth-order valence-corrected chi connectivity index (χ4v) is 4.54. The second kappa shape index (κ2) is 8.32. The number of anilines is 1. The molecule has 6 heteroatoms. The number of hydrogen-bond donors (Lipinski definition) is 2. The molecule has 1 aliphatic rings. The van der Waals surface area contributed by atoms with Crippen LogP contribution in [-0.2, 0) is 10.4 Å². The number of nitrogens with one attached hydrogen (secondary N) is 1. The van der Waals surface area contributed by atoms with E-state index in [1.165, 1.54) is 12.1 Å². The number of carbonyl (C=O) groups is 1. The van der Waals surface area contributed by atoms with Gasteiger partial charge in [0, 0.05) is 28.2 Å². The van der Waals surface area contributed by atoms with Crippen LogP contribution in [0.2, 0.25) is 5.02 Å². The van der Waals surface area contributed by atoms with E-state index in [0.29, 0.717) is 52.9 Å². The number of halogens is 2. The van der Waals surface area contributed by atoms with Crippen molar-refractivity contribution in [3.63, 3.8) is 0 Å². The monoisotopic (exact) mass is 426 g/mol. The molecule has 3 aromatic rings. The summed E-state index contributed by atoms with van der Waals surface area (Å²) < 4.78 is 13.8. The van der Waals surface area contributed by atoms with Gasteiger partial charge in [-0.05, 0) is 85.7 Å². The number of fused-ring (bicyclic) bond motifs is 1. The van der Waals surface area contributed by atoms with Crippen molar-refractivity contribution in [2.75, 3.05) is 5.32 Å². The first kappa shape index (κ1) is 20.8. The SMILES string of the molecule is C[C@@H](C(=O)Nc1ccc(Cl)cc1)[C@H]1CC[C@](O)(c2ccnc3ccc(F)cc32)CC1. The first-order chi connectivity index (χ1) is 14.4. The summed E-state index contributed by atoms with van der Waals surface area (Å²) in [6.45, 7) is 1.93. The molecule has 1 atom stereocenters. The molecular formula is C24H24ClFN2O2. The van der Waals surface area contributed by atoms with Crippen LogP contribution in [0, 0.1) is 17.7 Å². The van der Waals surface area contributed by atoms with Gasteiger partial charge in [-0.2, -0.15) is 0 Å². The van der Waals surface area contributed by atoms with Crippen LogP contribution in [0.25, 0.3) is 10.9 Å². The third-order valence-electron chi connectivity index (χ3n) is 6.29. The van der Waals surface area contributed by atoms with E-state index in [0.717, 1.165) is 0 Å². The van der Waals surface area contributed by atoms with Gasteiger partial charge in [0.1, 0.15) is 5.82 Å². The number of aliphatic hydroxyl groups is 1. The maximum Gasteiger partial charge on any atom is 0.227 e. The summed E-state index contributed by atoms with van der Waals surface area (Å²) in [5.41, 5.74) is 1.05. The Labute approximate surface area is 180 Å². The Morgan fingerprint density at radius 1 is 1.20 bits per heavy atom. The van der Waals surface area contributed by atoms with Crippen molar-refractivity contribution in [3.8, 4) is 0 Å². The van der Waals surface area contributed by atoms with E-state index in [-0.39, 0.29) is 23.6 Å². The summed E-state index contributed by atoms with van der Waals surface area (Å²) in [6, 6.07) is 13.3. The first-order valence-corrected chi connectivity index (χ1v) is 10.6. The molecule has 0 bridgehead atoms. The average molecular weight is 427 g/mol. The molecule has 1 aliphatic carbocycles. The van der Waals surface area contributed by atoms with Gasteiger partial charge < -0.3 is 10.4 Å². The van der Waals surface area contributed by atoms with Gasteiger partial charge in [-0.15, -0.1) is 0 Å². The summed E-state index contributed by atoms with van der Waals surface area (Å²) in [6.07, 6.45) is 4.12. The van der Waals surface area contributed by atoms with Gasteiger partial charge in [0.15, 0.2) is 0 Å². The Morgan fingerprint density at radius 2 is 1.90 bits per heavy atom. The maximum atomic E-state index is 13.8. The molecule has 1 amide bonds. The normalized spacial score (nSPS) is 22.6. The Morgan fingerprint density at radius 3 is 2.60 bits per heavy atom. The van der Waals surface area contributed by atoms with Crippen LogP contribution in [-0.4, -0.2) is 16.0 Å². The van der Waals surface area contributed by atoms with Gasteiger partial charge in [-0.1, -0.05) is 18.5 Å². The maximum absolute atomic E-state index is 13.8. The summed E-state index contributed by atoms with van der Waals surface area (Å²) in [5.74, 6) is -0.398. The van der Waals surface area contributed by atoms with Gasteiger partial charge in [0.2, 0.25) is 5.91 Å². The molecule has 0 saturated heterocycles. The van der Waals surface area contributed by atoms with Crippen molar-refractivity contribution in [2.24, 2.45) is 11.8 Å².